The van der Waals surface area contributed by atoms with Crippen LogP contribution in [-0.4, -0.2) is 49.9 Å². The van der Waals surface area contributed by atoms with Gasteiger partial charge in [-0.15, -0.1) is 0 Å². The van der Waals surface area contributed by atoms with Crippen LogP contribution in [0.15, 0.2) is 37.5 Å². The zero-order valence-electron chi connectivity index (χ0n) is 14.7. The minimum atomic E-state index is -0.528. The molecule has 7 nitrogen and oxygen atoms in total. The van der Waals surface area contributed by atoms with Crippen LogP contribution in [0.3, 0.4) is 0 Å². The number of aliphatic hydroxyl groups excluding tert-OH is 1. The Balaban J connectivity index is -0.000000282. The third-order valence-electron chi connectivity index (χ3n) is 2.03. The molecule has 0 aromatic heterocycles. The van der Waals surface area contributed by atoms with E-state index >= 15 is 0 Å². The van der Waals surface area contributed by atoms with Crippen molar-refractivity contribution in [2.45, 2.75) is 26.7 Å². The van der Waals surface area contributed by atoms with Crippen molar-refractivity contribution in [3.63, 3.8) is 0 Å². The molecule has 0 saturated carbocycles. The van der Waals surface area contributed by atoms with Gasteiger partial charge in [0.05, 0.1) is 32.5 Å². The molecule has 0 aliphatic heterocycles. The summed E-state index contributed by atoms with van der Waals surface area (Å²) in [6.45, 7) is 13.9. The minimum Gasteiger partial charge on any atom is -0.466 e. The predicted octanol–water partition coefficient (Wildman–Crippen LogP) is 1.96. The van der Waals surface area contributed by atoms with Crippen LogP contribution < -0.4 is 0 Å². The second-order valence-corrected chi connectivity index (χ2v) is 3.93. The maximum Gasteiger partial charge on any atom is 0.335 e. The number of aliphatic hydroxyl groups is 1. The van der Waals surface area contributed by atoms with Gasteiger partial charge in [0.25, 0.3) is 0 Å². The van der Waals surface area contributed by atoms with E-state index in [4.69, 9.17) is 5.11 Å². The highest BCUT2D eigenvalue weighted by molar-refractivity contribution is 5.87. The normalized spacial score (nSPS) is 8.17. The predicted molar refractivity (Wildman–Crippen MR) is 91.1 cm³/mol. The Bertz CT molecular complexity index is 400. The molecule has 0 amide bonds. The first-order valence-electron chi connectivity index (χ1n) is 7.29. The number of hydrogen-bond donors (Lipinski definition) is 1. The van der Waals surface area contributed by atoms with Gasteiger partial charge in [0.2, 0.25) is 0 Å². The van der Waals surface area contributed by atoms with Crippen LogP contribution >= 0.6 is 0 Å². The molecule has 0 spiro atoms. The molecule has 24 heavy (non-hydrogen) atoms. The number of carbonyl (C=O) groups is 3. The van der Waals surface area contributed by atoms with Crippen molar-refractivity contribution in [2.24, 2.45) is 0 Å². The van der Waals surface area contributed by atoms with Gasteiger partial charge in [-0.3, -0.25) is 0 Å². The fourth-order valence-corrected chi connectivity index (χ4v) is 0.757. The van der Waals surface area contributed by atoms with Gasteiger partial charge in [-0.2, -0.15) is 0 Å². The summed E-state index contributed by atoms with van der Waals surface area (Å²) >= 11 is 0. The summed E-state index contributed by atoms with van der Waals surface area (Å²) < 4.78 is 13.3. The van der Waals surface area contributed by atoms with E-state index in [2.05, 4.69) is 33.9 Å². The van der Waals surface area contributed by atoms with E-state index in [1.54, 1.807) is 6.92 Å². The van der Waals surface area contributed by atoms with Crippen molar-refractivity contribution in [1.82, 2.24) is 0 Å². The van der Waals surface area contributed by atoms with Gasteiger partial charge in [0.15, 0.2) is 0 Å². The molecule has 1 N–H and O–H groups in total. The average molecular weight is 344 g/mol. The Morgan fingerprint density at radius 1 is 1.04 bits per heavy atom. The van der Waals surface area contributed by atoms with E-state index in [0.29, 0.717) is 13.2 Å². The topological polar surface area (TPSA) is 99.1 Å². The summed E-state index contributed by atoms with van der Waals surface area (Å²) in [5.74, 6) is -1.25. The monoisotopic (exact) mass is 344 g/mol. The van der Waals surface area contributed by atoms with Gasteiger partial charge >= 0.3 is 17.9 Å². The Hall–Kier alpha value is -2.41. The van der Waals surface area contributed by atoms with Crippen molar-refractivity contribution < 1.29 is 33.7 Å². The maximum absolute atomic E-state index is 10.5. The van der Waals surface area contributed by atoms with E-state index in [-0.39, 0.29) is 18.1 Å². The molecule has 0 bridgehead atoms. The van der Waals surface area contributed by atoms with Gasteiger partial charge in [0.1, 0.15) is 0 Å². The molecule has 0 aromatic rings. The van der Waals surface area contributed by atoms with Crippen molar-refractivity contribution in [1.29, 1.82) is 0 Å². The van der Waals surface area contributed by atoms with Gasteiger partial charge < -0.3 is 19.3 Å². The molecule has 0 heterocycles. The molecule has 0 fully saturated rings. The van der Waals surface area contributed by atoms with Crippen molar-refractivity contribution >= 4 is 17.9 Å². The van der Waals surface area contributed by atoms with E-state index in [1.165, 1.54) is 13.2 Å². The highest BCUT2D eigenvalue weighted by atomic mass is 16.5. The molecule has 0 rings (SSSR count). The van der Waals surface area contributed by atoms with Crippen molar-refractivity contribution in [2.75, 3.05) is 26.9 Å². The Morgan fingerprint density at radius 3 is 1.88 bits per heavy atom. The Kier molecular flexibility index (Phi) is 22.7. The lowest BCUT2D eigenvalue weighted by atomic mass is 10.3. The van der Waals surface area contributed by atoms with Gasteiger partial charge in [-0.25, -0.2) is 14.4 Å². The molecule has 7 heteroatoms. The van der Waals surface area contributed by atoms with E-state index in [9.17, 15) is 14.4 Å². The Morgan fingerprint density at radius 2 is 1.58 bits per heavy atom. The van der Waals surface area contributed by atoms with Gasteiger partial charge in [-0.1, -0.05) is 33.1 Å². The molecule has 0 saturated heterocycles. The largest absolute Gasteiger partial charge is 0.466 e. The number of rotatable bonds is 8. The maximum atomic E-state index is 10.5. The first-order chi connectivity index (χ1) is 11.3. The molecule has 0 aliphatic rings. The van der Waals surface area contributed by atoms with E-state index < -0.39 is 11.9 Å². The molecular formula is C17H28O7. The zero-order chi connectivity index (χ0) is 19.4. The summed E-state index contributed by atoms with van der Waals surface area (Å²) in [4.78, 5) is 30.7. The number of unbranched alkanes of at least 4 members (excludes halogenated alkanes) is 1. The summed E-state index contributed by atoms with van der Waals surface area (Å²) in [7, 11) is 1.31. The molecule has 0 atom stereocenters. The third-order valence-corrected chi connectivity index (χ3v) is 2.03. The summed E-state index contributed by atoms with van der Waals surface area (Å²) in [6.07, 6.45) is 4.26. The van der Waals surface area contributed by atoms with Crippen LogP contribution in [0.1, 0.15) is 26.7 Å². The standard InChI is InChI=1S/C7H12O2.C6H10O3.C4H6O2/c1-3-5-6-9-7(8)4-2;1-3-9-6(8)5(2)4-7;1-3-4(5)6-2/h4H,2-3,5-6H2,1H3;7H,2-4H2,1H3;3H,1H2,2H3. The number of ether oxygens (including phenoxy) is 3. The number of esters is 3. The molecule has 138 valence electrons. The van der Waals surface area contributed by atoms with E-state index in [0.717, 1.165) is 18.9 Å². The smallest absolute Gasteiger partial charge is 0.335 e. The van der Waals surface area contributed by atoms with Crippen LogP contribution in [0.25, 0.3) is 0 Å². The lowest BCUT2D eigenvalue weighted by molar-refractivity contribution is -0.139. The zero-order valence-corrected chi connectivity index (χ0v) is 14.7. The number of methoxy groups -OCH3 is 1. The lowest BCUT2D eigenvalue weighted by Gasteiger charge is -1.99. The van der Waals surface area contributed by atoms with Gasteiger partial charge in [-0.05, 0) is 13.3 Å². The molecule has 0 unspecified atom stereocenters. The number of carbonyl (C=O) groups excluding carboxylic acids is 3. The second-order valence-electron chi connectivity index (χ2n) is 3.93. The van der Waals surface area contributed by atoms with Crippen LogP contribution in [0, 0.1) is 0 Å². The fourth-order valence-electron chi connectivity index (χ4n) is 0.757. The van der Waals surface area contributed by atoms with Crippen LogP contribution in [0.2, 0.25) is 0 Å². The van der Waals surface area contributed by atoms with Crippen LogP contribution in [0.5, 0.6) is 0 Å². The average Bonchev–Trinajstić information content (AvgIpc) is 2.61. The van der Waals surface area contributed by atoms with Crippen LogP contribution in [-0.2, 0) is 28.6 Å². The Labute approximate surface area is 143 Å². The summed E-state index contributed by atoms with van der Waals surface area (Å²) in [5.41, 5.74) is 0.0943. The van der Waals surface area contributed by atoms with Gasteiger partial charge in [0, 0.05) is 12.2 Å². The van der Waals surface area contributed by atoms with Crippen LogP contribution in [0.4, 0.5) is 0 Å². The quantitative estimate of drug-likeness (QED) is 0.311. The molecule has 0 aromatic carbocycles. The third kappa shape index (κ3) is 21.9. The first-order valence-corrected chi connectivity index (χ1v) is 7.29. The highest BCUT2D eigenvalue weighted by Crippen LogP contribution is 1.91. The molecular weight excluding hydrogens is 316 g/mol. The molecule has 0 radical (unpaired) electrons. The fraction of sp³-hybridized carbons (Fsp3) is 0.471. The molecule has 0 aliphatic carbocycles. The lowest BCUT2D eigenvalue weighted by Crippen LogP contribution is -2.08. The van der Waals surface area contributed by atoms with Crippen molar-refractivity contribution in [3.8, 4) is 0 Å². The van der Waals surface area contributed by atoms with Crippen molar-refractivity contribution in [3.05, 3.63) is 37.5 Å². The minimum absolute atomic E-state index is 0.0943. The SMILES string of the molecule is C=C(CO)C(=O)OCC.C=CC(=O)OC.C=CC(=O)OCCCC. The summed E-state index contributed by atoms with van der Waals surface area (Å²) in [6, 6.07) is 0. The second kappa shape index (κ2) is 20.6. The highest BCUT2D eigenvalue weighted by Gasteiger charge is 2.03. The van der Waals surface area contributed by atoms with E-state index in [1.807, 2.05) is 6.92 Å². The number of hydrogen-bond acceptors (Lipinski definition) is 7. The summed E-state index contributed by atoms with van der Waals surface area (Å²) in [5, 5.41) is 8.33. The first kappa shape index (κ1) is 26.5.